The molecule has 0 aromatic rings. The summed E-state index contributed by atoms with van der Waals surface area (Å²) in [6, 6.07) is 0.711. The maximum absolute atomic E-state index is 3.67. The Kier molecular flexibility index (Phi) is 5.05. The Morgan fingerprint density at radius 3 is 2.61 bits per heavy atom. The van der Waals surface area contributed by atoms with Crippen molar-refractivity contribution >= 4 is 0 Å². The van der Waals surface area contributed by atoms with Crippen LogP contribution in [0.3, 0.4) is 0 Å². The van der Waals surface area contributed by atoms with Crippen molar-refractivity contribution in [3.05, 3.63) is 0 Å². The maximum Gasteiger partial charge on any atom is 0.0192 e. The Balaban J connectivity index is 1.87. The zero-order valence-electron chi connectivity index (χ0n) is 12.5. The molecule has 0 aliphatic carbocycles. The average molecular weight is 253 g/mol. The fourth-order valence-corrected chi connectivity index (χ4v) is 3.35. The van der Waals surface area contributed by atoms with Crippen molar-refractivity contribution in [2.45, 2.75) is 45.6 Å². The maximum atomic E-state index is 3.67. The smallest absolute Gasteiger partial charge is 0.0192 e. The van der Waals surface area contributed by atoms with Crippen LogP contribution in [0.25, 0.3) is 0 Å². The minimum atomic E-state index is 0.551. The van der Waals surface area contributed by atoms with Gasteiger partial charge in [0, 0.05) is 19.1 Å². The van der Waals surface area contributed by atoms with Crippen LogP contribution in [0.4, 0.5) is 0 Å². The van der Waals surface area contributed by atoms with Crippen LogP contribution < -0.4 is 5.32 Å². The van der Waals surface area contributed by atoms with Crippen LogP contribution in [0.15, 0.2) is 0 Å². The SMILES string of the molecule is CCC1CN(CC2(C)CCN(C)CC2)CCCN1. The molecule has 3 nitrogen and oxygen atoms in total. The lowest BCUT2D eigenvalue weighted by Gasteiger charge is -2.41. The molecule has 1 unspecified atom stereocenters. The number of nitrogens with one attached hydrogen (secondary N) is 1. The molecule has 0 radical (unpaired) electrons. The number of hydrogen-bond donors (Lipinski definition) is 1. The number of piperidine rings is 1. The molecule has 2 aliphatic heterocycles. The number of hydrogen-bond acceptors (Lipinski definition) is 3. The van der Waals surface area contributed by atoms with Gasteiger partial charge in [0.1, 0.15) is 0 Å². The summed E-state index contributed by atoms with van der Waals surface area (Å²) in [6.07, 6.45) is 5.30. The Morgan fingerprint density at radius 1 is 1.22 bits per heavy atom. The first-order valence-electron chi connectivity index (χ1n) is 7.75. The molecular weight excluding hydrogens is 222 g/mol. The summed E-state index contributed by atoms with van der Waals surface area (Å²) >= 11 is 0. The van der Waals surface area contributed by atoms with Crippen molar-refractivity contribution in [2.24, 2.45) is 5.41 Å². The van der Waals surface area contributed by atoms with Gasteiger partial charge in [-0.3, -0.25) is 0 Å². The van der Waals surface area contributed by atoms with E-state index in [0.717, 1.165) is 0 Å². The summed E-state index contributed by atoms with van der Waals surface area (Å²) in [4.78, 5) is 5.19. The highest BCUT2D eigenvalue weighted by Crippen LogP contribution is 2.31. The first-order chi connectivity index (χ1) is 8.61. The third kappa shape index (κ3) is 3.94. The second-order valence-corrected chi connectivity index (χ2v) is 6.76. The van der Waals surface area contributed by atoms with E-state index in [9.17, 15) is 0 Å². The number of likely N-dealkylation sites (tertiary alicyclic amines) is 1. The van der Waals surface area contributed by atoms with Crippen molar-refractivity contribution in [3.63, 3.8) is 0 Å². The summed E-state index contributed by atoms with van der Waals surface area (Å²) in [5.74, 6) is 0. The molecule has 18 heavy (non-hydrogen) atoms. The van der Waals surface area contributed by atoms with Crippen molar-refractivity contribution in [1.29, 1.82) is 0 Å². The van der Waals surface area contributed by atoms with Gasteiger partial charge in [-0.05, 0) is 64.3 Å². The Morgan fingerprint density at radius 2 is 1.94 bits per heavy atom. The molecule has 0 spiro atoms. The summed E-state index contributed by atoms with van der Waals surface area (Å²) < 4.78 is 0. The number of rotatable bonds is 3. The molecule has 3 heteroatoms. The van der Waals surface area contributed by atoms with Crippen LogP contribution in [0.2, 0.25) is 0 Å². The summed E-state index contributed by atoms with van der Waals surface area (Å²) in [7, 11) is 2.25. The van der Waals surface area contributed by atoms with E-state index in [2.05, 4.69) is 36.0 Å². The van der Waals surface area contributed by atoms with Gasteiger partial charge in [0.15, 0.2) is 0 Å². The van der Waals surface area contributed by atoms with Gasteiger partial charge in [0.05, 0.1) is 0 Å². The highest BCUT2D eigenvalue weighted by Gasteiger charge is 2.31. The predicted octanol–water partition coefficient (Wildman–Crippen LogP) is 1.79. The molecule has 0 saturated carbocycles. The van der Waals surface area contributed by atoms with Crippen LogP contribution in [-0.4, -0.2) is 62.2 Å². The molecule has 0 aromatic heterocycles. The summed E-state index contributed by atoms with van der Waals surface area (Å²) in [5.41, 5.74) is 0.551. The summed E-state index contributed by atoms with van der Waals surface area (Å²) in [6.45, 7) is 12.4. The van der Waals surface area contributed by atoms with Crippen LogP contribution in [0.5, 0.6) is 0 Å². The van der Waals surface area contributed by atoms with E-state index in [1.54, 1.807) is 0 Å². The van der Waals surface area contributed by atoms with E-state index in [1.807, 2.05) is 0 Å². The lowest BCUT2D eigenvalue weighted by molar-refractivity contribution is 0.0854. The zero-order chi connectivity index (χ0) is 13.0. The van der Waals surface area contributed by atoms with Crippen molar-refractivity contribution in [1.82, 2.24) is 15.1 Å². The minimum Gasteiger partial charge on any atom is -0.313 e. The van der Waals surface area contributed by atoms with Crippen molar-refractivity contribution < 1.29 is 0 Å². The Bertz CT molecular complexity index is 246. The number of nitrogens with zero attached hydrogens (tertiary/aromatic N) is 2. The van der Waals surface area contributed by atoms with Crippen LogP contribution in [0.1, 0.15) is 39.5 Å². The molecule has 0 bridgehead atoms. The molecule has 0 amide bonds. The van der Waals surface area contributed by atoms with Gasteiger partial charge in [-0.1, -0.05) is 13.8 Å². The molecule has 2 rings (SSSR count). The van der Waals surface area contributed by atoms with Gasteiger partial charge in [0.25, 0.3) is 0 Å². The molecular formula is C15H31N3. The first-order valence-corrected chi connectivity index (χ1v) is 7.75. The summed E-state index contributed by atoms with van der Waals surface area (Å²) in [5, 5.41) is 3.67. The monoisotopic (exact) mass is 253 g/mol. The van der Waals surface area contributed by atoms with Gasteiger partial charge in [-0.15, -0.1) is 0 Å². The highest BCUT2D eigenvalue weighted by atomic mass is 15.2. The van der Waals surface area contributed by atoms with Crippen LogP contribution in [-0.2, 0) is 0 Å². The van der Waals surface area contributed by atoms with E-state index >= 15 is 0 Å². The van der Waals surface area contributed by atoms with Gasteiger partial charge < -0.3 is 15.1 Å². The average Bonchev–Trinajstić information content (AvgIpc) is 2.58. The van der Waals surface area contributed by atoms with Crippen LogP contribution >= 0.6 is 0 Å². The Hall–Kier alpha value is -0.120. The zero-order valence-corrected chi connectivity index (χ0v) is 12.5. The fraction of sp³-hybridized carbons (Fsp3) is 1.00. The highest BCUT2D eigenvalue weighted by molar-refractivity contribution is 4.86. The van der Waals surface area contributed by atoms with E-state index < -0.39 is 0 Å². The largest absolute Gasteiger partial charge is 0.313 e. The predicted molar refractivity (Wildman–Crippen MR) is 78.0 cm³/mol. The third-order valence-electron chi connectivity index (χ3n) is 4.85. The molecule has 0 aromatic carbocycles. The fourth-order valence-electron chi connectivity index (χ4n) is 3.35. The molecule has 2 fully saturated rings. The third-order valence-corrected chi connectivity index (χ3v) is 4.85. The molecule has 1 atom stereocenters. The molecule has 106 valence electrons. The van der Waals surface area contributed by atoms with Gasteiger partial charge >= 0.3 is 0 Å². The van der Waals surface area contributed by atoms with Gasteiger partial charge in [-0.25, -0.2) is 0 Å². The molecule has 2 aliphatic rings. The van der Waals surface area contributed by atoms with Crippen molar-refractivity contribution in [2.75, 3.05) is 46.3 Å². The van der Waals surface area contributed by atoms with E-state index in [4.69, 9.17) is 0 Å². The van der Waals surface area contributed by atoms with Crippen LogP contribution in [0, 0.1) is 5.41 Å². The second-order valence-electron chi connectivity index (χ2n) is 6.76. The van der Waals surface area contributed by atoms with Gasteiger partial charge in [0.2, 0.25) is 0 Å². The first kappa shape index (κ1) is 14.3. The lowest BCUT2D eigenvalue weighted by Crippen LogP contribution is -2.46. The van der Waals surface area contributed by atoms with Crippen molar-refractivity contribution in [3.8, 4) is 0 Å². The van der Waals surface area contributed by atoms with Gasteiger partial charge in [-0.2, -0.15) is 0 Å². The normalized spacial score (nSPS) is 31.2. The van der Waals surface area contributed by atoms with E-state index in [-0.39, 0.29) is 0 Å². The quantitative estimate of drug-likeness (QED) is 0.827. The standard InChI is InChI=1S/C15H31N3/c1-4-14-12-18(9-5-8-16-14)13-15(2)6-10-17(3)11-7-15/h14,16H,4-13H2,1-3H3. The molecule has 2 saturated heterocycles. The molecule has 2 heterocycles. The van der Waals surface area contributed by atoms with E-state index in [1.165, 1.54) is 65.0 Å². The van der Waals surface area contributed by atoms with E-state index in [0.29, 0.717) is 11.5 Å². The molecule has 1 N–H and O–H groups in total. The Labute approximate surface area is 113 Å². The minimum absolute atomic E-state index is 0.551. The lowest BCUT2D eigenvalue weighted by atomic mass is 9.80. The topological polar surface area (TPSA) is 18.5 Å². The second kappa shape index (κ2) is 6.36.